The van der Waals surface area contributed by atoms with Crippen molar-refractivity contribution in [1.29, 1.82) is 0 Å². The van der Waals surface area contributed by atoms with Crippen LogP contribution in [0, 0.1) is 6.92 Å². The van der Waals surface area contributed by atoms with E-state index >= 15 is 0 Å². The molecule has 0 spiro atoms. The Kier molecular flexibility index (Phi) is 4.87. The van der Waals surface area contributed by atoms with Crippen molar-refractivity contribution in [3.05, 3.63) is 35.4 Å². The highest BCUT2D eigenvalue weighted by Gasteiger charge is 2.31. The number of nitrogens with one attached hydrogen (secondary N) is 1. The first-order chi connectivity index (χ1) is 8.38. The number of carbonyl (C=O) groups excluding carboxylic acids is 1. The molecule has 100 valence electrons. The molecule has 0 bridgehead atoms. The molecule has 1 aromatic carbocycles. The summed E-state index contributed by atoms with van der Waals surface area (Å²) in [6.07, 6.45) is 0. The van der Waals surface area contributed by atoms with Crippen molar-refractivity contribution < 1.29 is 14.6 Å². The van der Waals surface area contributed by atoms with Crippen LogP contribution >= 0.6 is 0 Å². The van der Waals surface area contributed by atoms with Gasteiger partial charge in [0.15, 0.2) is 5.60 Å². The lowest BCUT2D eigenvalue weighted by molar-refractivity contribution is -0.160. The smallest absolute Gasteiger partial charge is 0.338 e. The van der Waals surface area contributed by atoms with Gasteiger partial charge in [-0.3, -0.25) is 0 Å². The lowest BCUT2D eigenvalue weighted by Gasteiger charge is -2.24. The predicted molar refractivity (Wildman–Crippen MR) is 70.2 cm³/mol. The second-order valence-electron chi connectivity index (χ2n) is 4.72. The number of esters is 1. The molecule has 0 saturated carbocycles. The highest BCUT2D eigenvalue weighted by atomic mass is 16.5. The molecule has 1 aromatic rings. The topological polar surface area (TPSA) is 58.6 Å². The van der Waals surface area contributed by atoms with Crippen molar-refractivity contribution in [3.63, 3.8) is 0 Å². The van der Waals surface area contributed by atoms with E-state index in [4.69, 9.17) is 0 Å². The quantitative estimate of drug-likeness (QED) is 0.780. The van der Waals surface area contributed by atoms with Gasteiger partial charge in [-0.2, -0.15) is 0 Å². The number of ether oxygens (including phenoxy) is 1. The third-order valence-electron chi connectivity index (χ3n) is 3.03. The van der Waals surface area contributed by atoms with Gasteiger partial charge in [0.2, 0.25) is 0 Å². The van der Waals surface area contributed by atoms with Gasteiger partial charge in [0, 0.05) is 12.6 Å². The van der Waals surface area contributed by atoms with Crippen molar-refractivity contribution >= 4 is 5.97 Å². The fourth-order valence-corrected chi connectivity index (χ4v) is 1.83. The standard InChI is InChI=1S/C14H21NO3/c1-10-7-5-6-8-12(10)11(2)15-9-14(3,17)13(16)18-4/h5-8,11,15,17H,9H2,1-4H3. The highest BCUT2D eigenvalue weighted by molar-refractivity contribution is 5.78. The molecule has 2 atom stereocenters. The lowest BCUT2D eigenvalue weighted by atomic mass is 10.0. The van der Waals surface area contributed by atoms with Crippen LogP contribution in [0.3, 0.4) is 0 Å². The van der Waals surface area contributed by atoms with Crippen molar-refractivity contribution in [3.8, 4) is 0 Å². The fourth-order valence-electron chi connectivity index (χ4n) is 1.83. The Morgan fingerprint density at radius 1 is 1.50 bits per heavy atom. The van der Waals surface area contributed by atoms with E-state index in [1.807, 2.05) is 38.1 Å². The van der Waals surface area contributed by atoms with Crippen molar-refractivity contribution in [2.45, 2.75) is 32.4 Å². The van der Waals surface area contributed by atoms with Crippen LogP contribution in [-0.4, -0.2) is 30.3 Å². The van der Waals surface area contributed by atoms with Crippen molar-refractivity contribution in [2.75, 3.05) is 13.7 Å². The fraction of sp³-hybridized carbons (Fsp3) is 0.500. The van der Waals surface area contributed by atoms with Crippen molar-refractivity contribution in [2.24, 2.45) is 0 Å². The third-order valence-corrected chi connectivity index (χ3v) is 3.03. The van der Waals surface area contributed by atoms with Gasteiger partial charge < -0.3 is 15.2 Å². The highest BCUT2D eigenvalue weighted by Crippen LogP contribution is 2.17. The average Bonchev–Trinajstić information content (AvgIpc) is 2.35. The molecule has 0 aliphatic rings. The first-order valence-corrected chi connectivity index (χ1v) is 5.98. The maximum Gasteiger partial charge on any atom is 0.338 e. The Labute approximate surface area is 108 Å². The molecule has 0 aliphatic heterocycles. The van der Waals surface area contributed by atoms with E-state index in [1.54, 1.807) is 0 Å². The van der Waals surface area contributed by atoms with E-state index in [2.05, 4.69) is 10.1 Å². The van der Waals surface area contributed by atoms with Crippen LogP contribution in [0.1, 0.15) is 31.0 Å². The molecule has 18 heavy (non-hydrogen) atoms. The number of hydrogen-bond acceptors (Lipinski definition) is 4. The molecule has 4 heteroatoms. The first kappa shape index (κ1) is 14.7. The SMILES string of the molecule is COC(=O)C(C)(O)CNC(C)c1ccccc1C. The van der Waals surface area contributed by atoms with Gasteiger partial charge in [-0.1, -0.05) is 24.3 Å². The molecule has 0 fully saturated rings. The summed E-state index contributed by atoms with van der Waals surface area (Å²) < 4.78 is 4.55. The summed E-state index contributed by atoms with van der Waals surface area (Å²) in [4.78, 5) is 11.3. The van der Waals surface area contributed by atoms with Crippen LogP contribution in [0.25, 0.3) is 0 Å². The molecule has 1 rings (SSSR count). The molecule has 0 radical (unpaired) electrons. The van der Waals surface area contributed by atoms with E-state index in [1.165, 1.54) is 19.6 Å². The summed E-state index contributed by atoms with van der Waals surface area (Å²) in [5.41, 5.74) is 0.819. The molecule has 0 aromatic heterocycles. The Bertz CT molecular complexity index is 415. The zero-order valence-corrected chi connectivity index (χ0v) is 11.4. The number of carbonyl (C=O) groups is 1. The zero-order chi connectivity index (χ0) is 13.8. The van der Waals surface area contributed by atoms with Crippen LogP contribution in [0.2, 0.25) is 0 Å². The van der Waals surface area contributed by atoms with Gasteiger partial charge in [0.25, 0.3) is 0 Å². The Morgan fingerprint density at radius 2 is 2.11 bits per heavy atom. The molecular formula is C14H21NO3. The van der Waals surface area contributed by atoms with E-state index in [0.29, 0.717) is 0 Å². The molecular weight excluding hydrogens is 230 g/mol. The van der Waals surface area contributed by atoms with Gasteiger partial charge >= 0.3 is 5.97 Å². The summed E-state index contributed by atoms with van der Waals surface area (Å²) in [7, 11) is 1.27. The van der Waals surface area contributed by atoms with E-state index in [0.717, 1.165) is 5.56 Å². The van der Waals surface area contributed by atoms with E-state index in [9.17, 15) is 9.90 Å². The second kappa shape index (κ2) is 5.98. The zero-order valence-electron chi connectivity index (χ0n) is 11.4. The molecule has 2 N–H and O–H groups in total. The lowest BCUT2D eigenvalue weighted by Crippen LogP contribution is -2.46. The first-order valence-electron chi connectivity index (χ1n) is 5.98. The minimum Gasteiger partial charge on any atom is -0.467 e. The molecule has 0 heterocycles. The normalized spacial score (nSPS) is 15.8. The van der Waals surface area contributed by atoms with E-state index in [-0.39, 0.29) is 12.6 Å². The largest absolute Gasteiger partial charge is 0.467 e. The summed E-state index contributed by atoms with van der Waals surface area (Å²) in [5, 5.41) is 13.1. The van der Waals surface area contributed by atoms with Gasteiger partial charge in [-0.25, -0.2) is 4.79 Å². The Hall–Kier alpha value is -1.39. The molecule has 0 amide bonds. The number of aliphatic hydroxyl groups is 1. The summed E-state index contributed by atoms with van der Waals surface area (Å²) in [5.74, 6) is -0.632. The molecule has 2 unspecified atom stereocenters. The number of benzene rings is 1. The minimum atomic E-state index is -1.51. The van der Waals surface area contributed by atoms with Crippen LogP contribution < -0.4 is 5.32 Å². The number of methoxy groups -OCH3 is 1. The van der Waals surface area contributed by atoms with Crippen LogP contribution in [0.15, 0.2) is 24.3 Å². The Balaban J connectivity index is 2.64. The number of aryl methyl sites for hydroxylation is 1. The van der Waals surface area contributed by atoms with Gasteiger partial charge in [-0.15, -0.1) is 0 Å². The van der Waals surface area contributed by atoms with Crippen LogP contribution in [-0.2, 0) is 9.53 Å². The number of rotatable bonds is 5. The second-order valence-corrected chi connectivity index (χ2v) is 4.72. The predicted octanol–water partition coefficient (Wildman–Crippen LogP) is 1.57. The summed E-state index contributed by atoms with van der Waals surface area (Å²) >= 11 is 0. The third kappa shape index (κ3) is 3.55. The maximum atomic E-state index is 11.3. The average molecular weight is 251 g/mol. The monoisotopic (exact) mass is 251 g/mol. The van der Waals surface area contributed by atoms with Crippen LogP contribution in [0.4, 0.5) is 0 Å². The van der Waals surface area contributed by atoms with Crippen molar-refractivity contribution in [1.82, 2.24) is 5.32 Å². The molecule has 0 aliphatic carbocycles. The van der Waals surface area contributed by atoms with Gasteiger partial charge in [0.05, 0.1) is 7.11 Å². The van der Waals surface area contributed by atoms with E-state index < -0.39 is 11.6 Å². The molecule has 0 saturated heterocycles. The molecule has 4 nitrogen and oxygen atoms in total. The summed E-state index contributed by atoms with van der Waals surface area (Å²) in [6.45, 7) is 5.62. The maximum absolute atomic E-state index is 11.3. The van der Waals surface area contributed by atoms with Gasteiger partial charge in [-0.05, 0) is 31.9 Å². The van der Waals surface area contributed by atoms with Gasteiger partial charge in [0.1, 0.15) is 0 Å². The summed E-state index contributed by atoms with van der Waals surface area (Å²) in [6, 6.07) is 8.07. The minimum absolute atomic E-state index is 0.0577. The van der Waals surface area contributed by atoms with Crippen LogP contribution in [0.5, 0.6) is 0 Å². The number of hydrogen-bond donors (Lipinski definition) is 2. The Morgan fingerprint density at radius 3 is 2.67 bits per heavy atom.